The van der Waals surface area contributed by atoms with E-state index in [1.807, 2.05) is 18.2 Å². The van der Waals surface area contributed by atoms with E-state index >= 15 is 0 Å². The number of fused-ring (bicyclic) bond motifs is 1. The second kappa shape index (κ2) is 5.21. The van der Waals surface area contributed by atoms with Gasteiger partial charge in [0.2, 0.25) is 0 Å². The molecule has 0 unspecified atom stereocenters. The second-order valence-electron chi connectivity index (χ2n) is 4.73. The molecule has 0 amide bonds. The van der Waals surface area contributed by atoms with Crippen molar-refractivity contribution < 1.29 is 4.39 Å². The number of nitrogens with one attached hydrogen (secondary N) is 1. The average Bonchev–Trinajstić information content (AvgIpc) is 2.48. The van der Waals surface area contributed by atoms with Crippen molar-refractivity contribution in [3.05, 3.63) is 72.0 Å². The number of nitrogens with two attached hydrogens (primary N) is 1. The molecule has 3 heteroatoms. The Balaban J connectivity index is 1.85. The molecule has 0 aliphatic rings. The Bertz CT molecular complexity index is 748. The van der Waals surface area contributed by atoms with Gasteiger partial charge in [-0.1, -0.05) is 42.5 Å². The summed E-state index contributed by atoms with van der Waals surface area (Å²) in [4.78, 5) is 0. The lowest BCUT2D eigenvalue weighted by molar-refractivity contribution is 0.633. The van der Waals surface area contributed by atoms with E-state index in [2.05, 4.69) is 29.6 Å². The van der Waals surface area contributed by atoms with Crippen molar-refractivity contribution in [2.75, 3.05) is 11.1 Å². The monoisotopic (exact) mass is 266 g/mol. The minimum atomic E-state index is -0.395. The first-order valence-corrected chi connectivity index (χ1v) is 6.49. The third-order valence-electron chi connectivity index (χ3n) is 3.36. The first-order valence-electron chi connectivity index (χ1n) is 6.49. The molecule has 0 aromatic heterocycles. The SMILES string of the molecule is Nc1ccc(NCc2cccc3ccccc23)cc1F. The van der Waals surface area contributed by atoms with Crippen molar-refractivity contribution in [3.8, 4) is 0 Å². The van der Waals surface area contributed by atoms with Crippen LogP contribution in [-0.2, 0) is 6.54 Å². The zero-order valence-corrected chi connectivity index (χ0v) is 10.9. The summed E-state index contributed by atoms with van der Waals surface area (Å²) in [7, 11) is 0. The highest BCUT2D eigenvalue weighted by Crippen LogP contribution is 2.21. The summed E-state index contributed by atoms with van der Waals surface area (Å²) in [5.41, 5.74) is 7.54. The molecule has 3 aromatic rings. The van der Waals surface area contributed by atoms with Crippen LogP contribution in [0.4, 0.5) is 15.8 Å². The maximum atomic E-state index is 13.4. The molecule has 2 nitrogen and oxygen atoms in total. The topological polar surface area (TPSA) is 38.0 Å². The fourth-order valence-corrected chi connectivity index (χ4v) is 2.28. The van der Waals surface area contributed by atoms with Gasteiger partial charge in [-0.2, -0.15) is 0 Å². The normalized spacial score (nSPS) is 10.7. The van der Waals surface area contributed by atoms with Crippen molar-refractivity contribution >= 4 is 22.1 Å². The van der Waals surface area contributed by atoms with Crippen LogP contribution in [-0.4, -0.2) is 0 Å². The standard InChI is InChI=1S/C17H15FN2/c18-16-10-14(8-9-17(16)19)20-11-13-6-3-5-12-4-1-2-7-15(12)13/h1-10,20H,11,19H2. The van der Waals surface area contributed by atoms with Crippen LogP contribution in [0.2, 0.25) is 0 Å². The lowest BCUT2D eigenvalue weighted by Crippen LogP contribution is -2.01. The minimum absolute atomic E-state index is 0.167. The summed E-state index contributed by atoms with van der Waals surface area (Å²) < 4.78 is 13.4. The molecule has 0 saturated carbocycles. The minimum Gasteiger partial charge on any atom is -0.396 e. The van der Waals surface area contributed by atoms with Gasteiger partial charge >= 0.3 is 0 Å². The van der Waals surface area contributed by atoms with E-state index in [0.717, 1.165) is 5.69 Å². The molecule has 0 radical (unpaired) electrons. The maximum absolute atomic E-state index is 13.4. The highest BCUT2D eigenvalue weighted by molar-refractivity contribution is 5.85. The molecule has 0 bridgehead atoms. The summed E-state index contributed by atoms with van der Waals surface area (Å²) in [6.07, 6.45) is 0. The van der Waals surface area contributed by atoms with E-state index in [-0.39, 0.29) is 5.69 Å². The maximum Gasteiger partial charge on any atom is 0.148 e. The highest BCUT2D eigenvalue weighted by atomic mass is 19.1. The van der Waals surface area contributed by atoms with E-state index < -0.39 is 5.82 Å². The van der Waals surface area contributed by atoms with E-state index in [1.165, 1.54) is 22.4 Å². The Morgan fingerprint density at radius 2 is 1.75 bits per heavy atom. The first-order chi connectivity index (χ1) is 9.74. The largest absolute Gasteiger partial charge is 0.396 e. The van der Waals surface area contributed by atoms with E-state index in [1.54, 1.807) is 12.1 Å². The number of hydrogen-bond donors (Lipinski definition) is 2. The molecule has 0 aliphatic carbocycles. The molecule has 0 spiro atoms. The van der Waals surface area contributed by atoms with Gasteiger partial charge in [-0.15, -0.1) is 0 Å². The van der Waals surface area contributed by atoms with Crippen molar-refractivity contribution in [2.24, 2.45) is 0 Å². The molecule has 3 rings (SSSR count). The zero-order valence-electron chi connectivity index (χ0n) is 10.9. The number of halogens is 1. The van der Waals surface area contributed by atoms with Crippen LogP contribution in [0.25, 0.3) is 10.8 Å². The van der Waals surface area contributed by atoms with Gasteiger partial charge in [0, 0.05) is 12.2 Å². The van der Waals surface area contributed by atoms with Gasteiger partial charge in [-0.25, -0.2) is 4.39 Å². The van der Waals surface area contributed by atoms with Crippen LogP contribution in [0.1, 0.15) is 5.56 Å². The Kier molecular flexibility index (Phi) is 3.25. The molecule has 20 heavy (non-hydrogen) atoms. The van der Waals surface area contributed by atoms with Gasteiger partial charge in [0.25, 0.3) is 0 Å². The van der Waals surface area contributed by atoms with Crippen molar-refractivity contribution in [1.82, 2.24) is 0 Å². The quantitative estimate of drug-likeness (QED) is 0.698. The van der Waals surface area contributed by atoms with Crippen molar-refractivity contribution in [1.29, 1.82) is 0 Å². The summed E-state index contributed by atoms with van der Waals surface area (Å²) >= 11 is 0. The number of nitrogen functional groups attached to an aromatic ring is 1. The highest BCUT2D eigenvalue weighted by Gasteiger charge is 2.02. The van der Waals surface area contributed by atoms with Gasteiger partial charge in [-0.05, 0) is 34.5 Å². The van der Waals surface area contributed by atoms with Gasteiger partial charge in [0.15, 0.2) is 0 Å². The Morgan fingerprint density at radius 3 is 2.60 bits per heavy atom. The second-order valence-corrected chi connectivity index (χ2v) is 4.73. The molecular weight excluding hydrogens is 251 g/mol. The fourth-order valence-electron chi connectivity index (χ4n) is 2.28. The molecular formula is C17H15FN2. The summed E-state index contributed by atoms with van der Waals surface area (Å²) in [5, 5.41) is 5.64. The van der Waals surface area contributed by atoms with Gasteiger partial charge in [-0.3, -0.25) is 0 Å². The van der Waals surface area contributed by atoms with Gasteiger partial charge < -0.3 is 11.1 Å². The molecule has 0 aliphatic heterocycles. The van der Waals surface area contributed by atoms with Crippen LogP contribution in [0.5, 0.6) is 0 Å². The number of hydrogen-bond acceptors (Lipinski definition) is 2. The van der Waals surface area contributed by atoms with Crippen LogP contribution >= 0.6 is 0 Å². The van der Waals surface area contributed by atoms with Gasteiger partial charge in [0.05, 0.1) is 5.69 Å². The molecule has 0 heterocycles. The Morgan fingerprint density at radius 1 is 0.950 bits per heavy atom. The first kappa shape index (κ1) is 12.5. The van der Waals surface area contributed by atoms with Crippen LogP contribution in [0.3, 0.4) is 0 Å². The third kappa shape index (κ3) is 2.43. The number of rotatable bonds is 3. The molecule has 0 fully saturated rings. The van der Waals surface area contributed by atoms with Gasteiger partial charge in [0.1, 0.15) is 5.82 Å². The number of anilines is 2. The van der Waals surface area contributed by atoms with Crippen molar-refractivity contribution in [2.45, 2.75) is 6.54 Å². The van der Waals surface area contributed by atoms with Crippen LogP contribution in [0.15, 0.2) is 60.7 Å². The van der Waals surface area contributed by atoms with Crippen LogP contribution in [0, 0.1) is 5.82 Å². The van der Waals surface area contributed by atoms with E-state index in [4.69, 9.17) is 5.73 Å². The predicted octanol–water partition coefficient (Wildman–Crippen LogP) is 4.17. The zero-order chi connectivity index (χ0) is 13.9. The van der Waals surface area contributed by atoms with E-state index in [9.17, 15) is 4.39 Å². The smallest absolute Gasteiger partial charge is 0.148 e. The lowest BCUT2D eigenvalue weighted by atomic mass is 10.0. The predicted molar refractivity (Wildman–Crippen MR) is 82.1 cm³/mol. The van der Waals surface area contributed by atoms with Crippen molar-refractivity contribution in [3.63, 3.8) is 0 Å². The van der Waals surface area contributed by atoms with E-state index in [0.29, 0.717) is 6.54 Å². The Hall–Kier alpha value is -2.55. The average molecular weight is 266 g/mol. The van der Waals surface area contributed by atoms with Crippen LogP contribution < -0.4 is 11.1 Å². The molecule has 3 aromatic carbocycles. The molecule has 3 N–H and O–H groups in total. The summed E-state index contributed by atoms with van der Waals surface area (Å²) in [6.45, 7) is 0.644. The Labute approximate surface area is 117 Å². The summed E-state index contributed by atoms with van der Waals surface area (Å²) in [6, 6.07) is 19.2. The number of benzene rings is 3. The lowest BCUT2D eigenvalue weighted by Gasteiger charge is -2.10. The molecule has 0 atom stereocenters. The molecule has 100 valence electrons. The fraction of sp³-hybridized carbons (Fsp3) is 0.0588. The third-order valence-corrected chi connectivity index (χ3v) is 3.36. The summed E-state index contributed by atoms with van der Waals surface area (Å²) in [5.74, 6) is -0.395. The molecule has 0 saturated heterocycles.